The van der Waals surface area contributed by atoms with Gasteiger partial charge in [-0.05, 0) is 30.2 Å². The van der Waals surface area contributed by atoms with E-state index in [0.717, 1.165) is 16.5 Å². The Kier molecular flexibility index (Phi) is 3.46. The van der Waals surface area contributed by atoms with E-state index in [4.69, 9.17) is 5.73 Å². The van der Waals surface area contributed by atoms with Crippen molar-refractivity contribution in [3.05, 3.63) is 65.9 Å². The number of aromatic amines is 1. The molecule has 0 saturated carbocycles. The van der Waals surface area contributed by atoms with Crippen LogP contribution in [0.15, 0.2) is 54.7 Å². The number of phenols is 1. The molecule has 4 nitrogen and oxygen atoms in total. The molecule has 1 aromatic heterocycles. The normalized spacial score (nSPS) is 12.4. The largest absolute Gasteiger partial charge is 0.507 e. The highest BCUT2D eigenvalue weighted by molar-refractivity contribution is 6.02. The Balaban J connectivity index is 1.85. The maximum absolute atomic E-state index is 12.3. The van der Waals surface area contributed by atoms with Gasteiger partial charge >= 0.3 is 0 Å². The Hall–Kier alpha value is -2.59. The molecule has 2 aromatic carbocycles. The predicted octanol–water partition coefficient (Wildman–Crippen LogP) is 2.63. The molecule has 1 heterocycles. The molecule has 106 valence electrons. The number of para-hydroxylation sites is 2. The highest BCUT2D eigenvalue weighted by Gasteiger charge is 2.20. The van der Waals surface area contributed by atoms with Crippen LogP contribution in [0.3, 0.4) is 0 Å². The molecule has 0 radical (unpaired) electrons. The molecular weight excluding hydrogens is 264 g/mol. The summed E-state index contributed by atoms with van der Waals surface area (Å²) in [6.45, 7) is 0. The van der Waals surface area contributed by atoms with Crippen molar-refractivity contribution in [2.24, 2.45) is 5.73 Å². The second-order valence-corrected chi connectivity index (χ2v) is 5.05. The number of carbonyl (C=O) groups excluding carboxylic acids is 1. The van der Waals surface area contributed by atoms with Gasteiger partial charge in [-0.2, -0.15) is 0 Å². The lowest BCUT2D eigenvalue weighted by atomic mass is 9.97. The summed E-state index contributed by atoms with van der Waals surface area (Å²) in [5, 5.41) is 10.8. The van der Waals surface area contributed by atoms with Crippen LogP contribution in [-0.4, -0.2) is 21.9 Å². The Morgan fingerprint density at radius 2 is 1.86 bits per heavy atom. The lowest BCUT2D eigenvalue weighted by Gasteiger charge is -2.11. The number of aromatic hydroxyl groups is 1. The molecule has 0 bridgehead atoms. The number of fused-ring (bicyclic) bond motifs is 1. The minimum Gasteiger partial charge on any atom is -0.507 e. The summed E-state index contributed by atoms with van der Waals surface area (Å²) in [6.07, 6.45) is 2.31. The lowest BCUT2D eigenvalue weighted by molar-refractivity contribution is 0.0958. The van der Waals surface area contributed by atoms with Crippen LogP contribution in [0.4, 0.5) is 0 Å². The van der Waals surface area contributed by atoms with Crippen LogP contribution in [0.25, 0.3) is 10.9 Å². The third kappa shape index (κ3) is 2.53. The zero-order chi connectivity index (χ0) is 14.8. The van der Waals surface area contributed by atoms with E-state index < -0.39 is 6.04 Å². The van der Waals surface area contributed by atoms with Crippen molar-refractivity contribution >= 4 is 16.7 Å². The number of nitrogens with one attached hydrogen (secondary N) is 1. The third-order valence-electron chi connectivity index (χ3n) is 3.62. The third-order valence-corrected chi connectivity index (χ3v) is 3.62. The number of carbonyl (C=O) groups is 1. The summed E-state index contributed by atoms with van der Waals surface area (Å²) in [7, 11) is 0. The van der Waals surface area contributed by atoms with Crippen molar-refractivity contribution in [1.82, 2.24) is 4.98 Å². The molecule has 0 aliphatic rings. The number of benzene rings is 2. The van der Waals surface area contributed by atoms with E-state index in [9.17, 15) is 9.90 Å². The molecule has 0 saturated heterocycles. The van der Waals surface area contributed by atoms with Gasteiger partial charge < -0.3 is 15.8 Å². The van der Waals surface area contributed by atoms with Crippen molar-refractivity contribution in [2.75, 3.05) is 0 Å². The molecule has 4 N–H and O–H groups in total. The molecule has 0 spiro atoms. The van der Waals surface area contributed by atoms with Crippen molar-refractivity contribution < 1.29 is 9.90 Å². The molecule has 4 heteroatoms. The quantitative estimate of drug-likeness (QED) is 0.643. The van der Waals surface area contributed by atoms with Crippen LogP contribution < -0.4 is 5.73 Å². The molecule has 21 heavy (non-hydrogen) atoms. The molecule has 0 aliphatic carbocycles. The minimum absolute atomic E-state index is 0.0307. The van der Waals surface area contributed by atoms with Crippen LogP contribution >= 0.6 is 0 Å². The van der Waals surface area contributed by atoms with Gasteiger partial charge in [0.05, 0.1) is 11.6 Å². The second kappa shape index (κ2) is 5.42. The zero-order valence-corrected chi connectivity index (χ0v) is 11.4. The summed E-state index contributed by atoms with van der Waals surface area (Å²) >= 11 is 0. The monoisotopic (exact) mass is 280 g/mol. The van der Waals surface area contributed by atoms with Crippen LogP contribution in [0, 0.1) is 0 Å². The van der Waals surface area contributed by atoms with Crippen molar-refractivity contribution in [3.63, 3.8) is 0 Å². The zero-order valence-electron chi connectivity index (χ0n) is 11.4. The molecule has 0 unspecified atom stereocenters. The smallest absolute Gasteiger partial charge is 0.183 e. The Morgan fingerprint density at radius 3 is 2.67 bits per heavy atom. The van der Waals surface area contributed by atoms with Crippen molar-refractivity contribution in [2.45, 2.75) is 12.5 Å². The van der Waals surface area contributed by atoms with Crippen LogP contribution in [0.1, 0.15) is 15.9 Å². The topological polar surface area (TPSA) is 79.1 Å². The summed E-state index contributed by atoms with van der Waals surface area (Å²) in [6, 6.07) is 13.7. The van der Waals surface area contributed by atoms with Gasteiger partial charge in [-0.15, -0.1) is 0 Å². The molecule has 0 fully saturated rings. The van der Waals surface area contributed by atoms with E-state index in [2.05, 4.69) is 4.98 Å². The number of phenolic OH excluding ortho intramolecular Hbond substituents is 1. The Morgan fingerprint density at radius 1 is 1.14 bits per heavy atom. The highest BCUT2D eigenvalue weighted by atomic mass is 16.3. The number of nitrogens with two attached hydrogens (primary N) is 1. The number of hydrogen-bond donors (Lipinski definition) is 3. The number of aromatic nitrogens is 1. The molecular formula is C17H16N2O2. The molecule has 3 aromatic rings. The summed E-state index contributed by atoms with van der Waals surface area (Å²) in [4.78, 5) is 15.5. The average molecular weight is 280 g/mol. The summed E-state index contributed by atoms with van der Waals surface area (Å²) < 4.78 is 0. The molecule has 0 aliphatic heterocycles. The van der Waals surface area contributed by atoms with Gasteiger partial charge in [0.25, 0.3) is 0 Å². The van der Waals surface area contributed by atoms with E-state index in [0.29, 0.717) is 6.42 Å². The minimum atomic E-state index is -0.683. The van der Waals surface area contributed by atoms with Gasteiger partial charge in [0.1, 0.15) is 5.75 Å². The van der Waals surface area contributed by atoms with Crippen molar-refractivity contribution in [3.8, 4) is 5.75 Å². The average Bonchev–Trinajstić information content (AvgIpc) is 2.90. The van der Waals surface area contributed by atoms with E-state index in [1.165, 1.54) is 6.07 Å². The van der Waals surface area contributed by atoms with E-state index >= 15 is 0 Å². The maximum Gasteiger partial charge on any atom is 0.183 e. The SMILES string of the molecule is N[C@@H](Cc1c[nH]c2ccccc12)C(=O)c1ccccc1O. The van der Waals surface area contributed by atoms with E-state index in [-0.39, 0.29) is 17.1 Å². The first-order valence-corrected chi connectivity index (χ1v) is 6.79. The Bertz CT molecular complexity index is 792. The van der Waals surface area contributed by atoms with Crippen molar-refractivity contribution in [1.29, 1.82) is 0 Å². The first-order valence-electron chi connectivity index (χ1n) is 6.79. The highest BCUT2D eigenvalue weighted by Crippen LogP contribution is 2.21. The predicted molar refractivity (Wildman–Crippen MR) is 82.4 cm³/mol. The number of hydrogen-bond acceptors (Lipinski definition) is 3. The molecule has 3 rings (SSSR count). The number of Topliss-reactive ketones (excluding diaryl/α,β-unsaturated/α-hetero) is 1. The van der Waals surface area contributed by atoms with Crippen LogP contribution in [0.5, 0.6) is 5.75 Å². The van der Waals surface area contributed by atoms with Gasteiger partial charge in [0.2, 0.25) is 0 Å². The van der Waals surface area contributed by atoms with E-state index in [1.54, 1.807) is 18.2 Å². The van der Waals surface area contributed by atoms with Gasteiger partial charge in [0, 0.05) is 17.1 Å². The van der Waals surface area contributed by atoms with Gasteiger partial charge in [-0.1, -0.05) is 30.3 Å². The first-order chi connectivity index (χ1) is 10.2. The molecule has 1 atom stereocenters. The van der Waals surface area contributed by atoms with E-state index in [1.807, 2.05) is 30.5 Å². The van der Waals surface area contributed by atoms with Gasteiger partial charge in [0.15, 0.2) is 5.78 Å². The fourth-order valence-corrected chi connectivity index (χ4v) is 2.51. The Labute approximate surface area is 122 Å². The summed E-state index contributed by atoms with van der Waals surface area (Å²) in [5.74, 6) is -0.282. The maximum atomic E-state index is 12.3. The standard InChI is InChI=1S/C17H16N2O2/c18-14(17(21)13-6-2-4-8-16(13)20)9-11-10-19-15-7-3-1-5-12(11)15/h1-8,10,14,19-20H,9,18H2/t14-/m0/s1. The first kappa shape index (κ1) is 13.4. The number of ketones is 1. The fourth-order valence-electron chi connectivity index (χ4n) is 2.51. The lowest BCUT2D eigenvalue weighted by Crippen LogP contribution is -2.32. The summed E-state index contributed by atoms with van der Waals surface area (Å²) in [5.41, 5.74) is 8.32. The number of rotatable bonds is 4. The van der Waals surface area contributed by atoms with Crippen LogP contribution in [-0.2, 0) is 6.42 Å². The van der Waals surface area contributed by atoms with Gasteiger partial charge in [-0.25, -0.2) is 0 Å². The second-order valence-electron chi connectivity index (χ2n) is 5.05. The molecule has 0 amide bonds. The van der Waals surface area contributed by atoms with Gasteiger partial charge in [-0.3, -0.25) is 4.79 Å². The number of H-pyrrole nitrogens is 1. The van der Waals surface area contributed by atoms with Crippen LogP contribution in [0.2, 0.25) is 0 Å². The fraction of sp³-hybridized carbons (Fsp3) is 0.118.